The van der Waals surface area contributed by atoms with Crippen molar-refractivity contribution in [3.63, 3.8) is 0 Å². The van der Waals surface area contributed by atoms with Gasteiger partial charge in [-0.3, -0.25) is 4.79 Å². The monoisotopic (exact) mass is 461 g/mol. The van der Waals surface area contributed by atoms with Gasteiger partial charge in [0.2, 0.25) is 11.1 Å². The van der Waals surface area contributed by atoms with Gasteiger partial charge in [-0.2, -0.15) is 0 Å². The molecule has 30 heavy (non-hydrogen) atoms. The van der Waals surface area contributed by atoms with Gasteiger partial charge in [-0.15, -0.1) is 0 Å². The molecule has 0 bridgehead atoms. The van der Waals surface area contributed by atoms with E-state index in [9.17, 15) is 14.2 Å². The predicted molar refractivity (Wildman–Crippen MR) is 117 cm³/mol. The molecule has 3 aromatic rings. The van der Waals surface area contributed by atoms with Gasteiger partial charge in [0.25, 0.3) is 0 Å². The maximum atomic E-state index is 13.2. The van der Waals surface area contributed by atoms with Gasteiger partial charge < -0.3 is 9.47 Å². The summed E-state index contributed by atoms with van der Waals surface area (Å²) in [5.74, 6) is 0.377. The molecule has 0 N–H and O–H groups in total. The van der Waals surface area contributed by atoms with Gasteiger partial charge in [0.05, 0.1) is 35.4 Å². The van der Waals surface area contributed by atoms with Gasteiger partial charge in [0.15, 0.2) is 0 Å². The Hall–Kier alpha value is -2.72. The summed E-state index contributed by atoms with van der Waals surface area (Å²) in [5, 5.41) is 0.282. The van der Waals surface area contributed by atoms with E-state index in [0.717, 1.165) is 0 Å². The third-order valence-corrected chi connectivity index (χ3v) is 6.43. The van der Waals surface area contributed by atoms with E-state index in [2.05, 4.69) is 0 Å². The van der Waals surface area contributed by atoms with E-state index >= 15 is 0 Å². The van der Waals surface area contributed by atoms with Gasteiger partial charge in [-0.05, 0) is 36.4 Å². The molecule has 0 saturated heterocycles. The fourth-order valence-corrected chi connectivity index (χ4v) is 4.87. The van der Waals surface area contributed by atoms with Crippen LogP contribution in [0.1, 0.15) is 26.3 Å². The summed E-state index contributed by atoms with van der Waals surface area (Å²) in [5.41, 5.74) is -0.412. The Morgan fingerprint density at radius 3 is 2.13 bits per heavy atom. The third-order valence-electron chi connectivity index (χ3n) is 4.38. The highest BCUT2D eigenvalue weighted by atomic mass is 35.5. The Labute approximate surface area is 184 Å². The van der Waals surface area contributed by atoms with Crippen molar-refractivity contribution in [1.29, 1.82) is 0 Å². The molecule has 5 nitrogen and oxygen atoms in total. The maximum Gasteiger partial charge on any atom is 0.459 e. The molecule has 0 aliphatic carbocycles. The molecular formula is C22H16Cl2O5P+. The second-order valence-corrected chi connectivity index (χ2v) is 8.40. The van der Waals surface area contributed by atoms with Crippen LogP contribution in [0.5, 0.6) is 11.5 Å². The Morgan fingerprint density at radius 1 is 0.833 bits per heavy atom. The zero-order valence-electron chi connectivity index (χ0n) is 16.0. The molecule has 0 heterocycles. The molecule has 0 spiro atoms. The number of ether oxygens (including phenoxy) is 2. The first-order chi connectivity index (χ1) is 14.4. The lowest BCUT2D eigenvalue weighted by molar-refractivity contribution is 0.103. The summed E-state index contributed by atoms with van der Waals surface area (Å²) in [7, 11) is 0.277. The normalized spacial score (nSPS) is 11.0. The van der Waals surface area contributed by atoms with Crippen molar-refractivity contribution in [2.45, 2.75) is 0 Å². The van der Waals surface area contributed by atoms with Crippen LogP contribution in [0, 0.1) is 0 Å². The Kier molecular flexibility index (Phi) is 6.88. The van der Waals surface area contributed by atoms with E-state index in [0.29, 0.717) is 11.5 Å². The van der Waals surface area contributed by atoms with Crippen molar-refractivity contribution in [3.05, 3.63) is 87.4 Å². The van der Waals surface area contributed by atoms with Gasteiger partial charge in [-0.25, -0.2) is 4.79 Å². The zero-order valence-corrected chi connectivity index (χ0v) is 18.4. The topological polar surface area (TPSA) is 69.7 Å². The van der Waals surface area contributed by atoms with Gasteiger partial charge >= 0.3 is 13.3 Å². The number of carbonyl (C=O) groups excluding carboxylic acids is 2. The highest BCUT2D eigenvalue weighted by Crippen LogP contribution is 2.36. The summed E-state index contributed by atoms with van der Waals surface area (Å²) in [6.45, 7) is 0. The molecule has 1 atom stereocenters. The highest BCUT2D eigenvalue weighted by molar-refractivity contribution is 7.71. The standard InChI is InChI=1S/C22H16Cl2O5P/c1-28-13-10-11-14(18(12-13)29-2)21(25)15-6-3-4-9-19(15)30(27)22(26)20-16(23)7-5-8-17(20)24/h3-12H,1-2H3/q+1. The van der Waals surface area contributed by atoms with Crippen molar-refractivity contribution in [1.82, 2.24) is 0 Å². The Bertz CT molecular complexity index is 1140. The van der Waals surface area contributed by atoms with E-state index in [-0.39, 0.29) is 32.0 Å². The summed E-state index contributed by atoms with van der Waals surface area (Å²) in [4.78, 5) is 26.1. The zero-order chi connectivity index (χ0) is 21.8. The van der Waals surface area contributed by atoms with E-state index in [1.807, 2.05) is 0 Å². The van der Waals surface area contributed by atoms with Crippen LogP contribution in [-0.4, -0.2) is 25.5 Å². The minimum atomic E-state index is -2.66. The van der Waals surface area contributed by atoms with Crippen molar-refractivity contribution < 1.29 is 23.6 Å². The Balaban J connectivity index is 2.06. The molecule has 0 aromatic heterocycles. The van der Waals surface area contributed by atoms with Crippen LogP contribution < -0.4 is 14.8 Å². The largest absolute Gasteiger partial charge is 0.497 e. The summed E-state index contributed by atoms with van der Waals surface area (Å²) in [6.07, 6.45) is 0. The SMILES string of the molecule is COc1ccc(C(=O)c2ccccc2[P+](=O)C(=O)c2c(Cl)cccc2Cl)c(OC)c1. The number of rotatable bonds is 7. The van der Waals surface area contributed by atoms with Crippen LogP contribution in [0.25, 0.3) is 0 Å². The molecule has 0 fully saturated rings. The van der Waals surface area contributed by atoms with Crippen molar-refractivity contribution in [2.24, 2.45) is 0 Å². The summed E-state index contributed by atoms with van der Waals surface area (Å²) < 4.78 is 23.6. The second kappa shape index (κ2) is 9.40. The first-order valence-electron chi connectivity index (χ1n) is 8.70. The average molecular weight is 462 g/mol. The number of ketones is 1. The molecule has 8 heteroatoms. The molecule has 0 radical (unpaired) electrons. The van der Waals surface area contributed by atoms with Crippen molar-refractivity contribution in [2.75, 3.05) is 14.2 Å². The molecule has 1 unspecified atom stereocenters. The molecule has 3 aromatic carbocycles. The minimum absolute atomic E-state index is 0.0359. The number of methoxy groups -OCH3 is 2. The first-order valence-corrected chi connectivity index (χ1v) is 10.7. The number of halogens is 2. The highest BCUT2D eigenvalue weighted by Gasteiger charge is 2.39. The maximum absolute atomic E-state index is 13.2. The molecular weight excluding hydrogens is 446 g/mol. The third kappa shape index (κ3) is 4.24. The van der Waals surface area contributed by atoms with Gasteiger partial charge in [-0.1, -0.05) is 46.0 Å². The lowest BCUT2D eigenvalue weighted by Crippen LogP contribution is -2.16. The lowest BCUT2D eigenvalue weighted by Gasteiger charge is -2.10. The van der Waals surface area contributed by atoms with Crippen LogP contribution in [-0.2, 0) is 4.57 Å². The molecule has 0 amide bonds. The van der Waals surface area contributed by atoms with Crippen LogP contribution in [0.3, 0.4) is 0 Å². The molecule has 0 aliphatic rings. The number of benzene rings is 3. The van der Waals surface area contributed by atoms with Crippen LogP contribution in [0.4, 0.5) is 0 Å². The number of hydrogen-bond acceptors (Lipinski definition) is 5. The van der Waals surface area contributed by atoms with E-state index in [1.165, 1.54) is 38.5 Å². The Morgan fingerprint density at radius 2 is 1.50 bits per heavy atom. The second-order valence-electron chi connectivity index (χ2n) is 6.11. The van der Waals surface area contributed by atoms with Gasteiger partial charge in [0, 0.05) is 6.07 Å². The van der Waals surface area contributed by atoms with Crippen LogP contribution in [0.15, 0.2) is 60.7 Å². The van der Waals surface area contributed by atoms with Crippen LogP contribution >= 0.6 is 31.0 Å². The molecule has 0 saturated carbocycles. The average Bonchev–Trinajstić information content (AvgIpc) is 2.77. The smallest absolute Gasteiger partial charge is 0.459 e. The van der Waals surface area contributed by atoms with Crippen LogP contribution in [0.2, 0.25) is 10.0 Å². The summed E-state index contributed by atoms with van der Waals surface area (Å²) in [6, 6.07) is 15.5. The molecule has 0 aliphatic heterocycles. The minimum Gasteiger partial charge on any atom is -0.497 e. The van der Waals surface area contributed by atoms with Gasteiger partial charge in [0.1, 0.15) is 17.1 Å². The quantitative estimate of drug-likeness (QED) is 0.341. The lowest BCUT2D eigenvalue weighted by atomic mass is 10.0. The van der Waals surface area contributed by atoms with E-state index < -0.39 is 19.1 Å². The van der Waals surface area contributed by atoms with E-state index in [1.54, 1.807) is 36.4 Å². The first kappa shape index (κ1) is 22.0. The summed E-state index contributed by atoms with van der Waals surface area (Å²) >= 11 is 12.2. The number of carbonyl (C=O) groups is 2. The number of hydrogen-bond donors (Lipinski definition) is 0. The van der Waals surface area contributed by atoms with Crippen molar-refractivity contribution >= 4 is 47.6 Å². The fraction of sp³-hybridized carbons (Fsp3) is 0.0909. The molecule has 3 rings (SSSR count). The van der Waals surface area contributed by atoms with Crippen molar-refractivity contribution in [3.8, 4) is 11.5 Å². The predicted octanol–water partition coefficient (Wildman–Crippen LogP) is 5.53. The van der Waals surface area contributed by atoms with E-state index in [4.69, 9.17) is 32.7 Å². The molecule has 152 valence electrons. The fourth-order valence-electron chi connectivity index (χ4n) is 2.89.